The highest BCUT2D eigenvalue weighted by Gasteiger charge is 2.21. The number of phenolic OH excluding ortho intramolecular Hbond substituents is 1. The van der Waals surface area contributed by atoms with E-state index in [4.69, 9.17) is 11.6 Å². The lowest BCUT2D eigenvalue weighted by Crippen LogP contribution is -2.12. The summed E-state index contributed by atoms with van der Waals surface area (Å²) in [5.41, 5.74) is 3.09. The maximum Gasteiger partial charge on any atom is 0.116 e. The highest BCUT2D eigenvalue weighted by molar-refractivity contribution is 6.49. The van der Waals surface area contributed by atoms with Crippen molar-refractivity contribution in [3.8, 4) is 5.75 Å². The molecule has 0 unspecified atom stereocenters. The lowest BCUT2D eigenvalue weighted by molar-refractivity contribution is 0.472. The number of hydrogen-bond acceptors (Lipinski definition) is 1. The minimum absolute atomic E-state index is 0.0775. The van der Waals surface area contributed by atoms with Crippen molar-refractivity contribution in [1.82, 2.24) is 0 Å². The smallest absolute Gasteiger partial charge is 0.116 e. The molecule has 0 atom stereocenters. The van der Waals surface area contributed by atoms with E-state index in [1.807, 2.05) is 25.1 Å². The summed E-state index contributed by atoms with van der Waals surface area (Å²) in [4.78, 5) is 0. The van der Waals surface area contributed by atoms with E-state index >= 15 is 0 Å². The van der Waals surface area contributed by atoms with Crippen molar-refractivity contribution < 1.29 is 5.11 Å². The zero-order chi connectivity index (χ0) is 14.4. The fourth-order valence-electron chi connectivity index (χ4n) is 2.50. The Bertz CT molecular complexity index is 663. The molecular formula is C17H19ClO. The van der Waals surface area contributed by atoms with Crippen molar-refractivity contribution in [2.75, 3.05) is 0 Å². The molecule has 1 N–H and O–H groups in total. The molecule has 0 saturated carbocycles. The van der Waals surface area contributed by atoms with Crippen LogP contribution in [0.1, 0.15) is 37.5 Å². The molecule has 0 amide bonds. The zero-order valence-corrected chi connectivity index (χ0v) is 12.6. The van der Waals surface area contributed by atoms with Gasteiger partial charge >= 0.3 is 0 Å². The molecule has 0 aromatic heterocycles. The molecule has 0 heterocycles. The fourth-order valence-corrected chi connectivity index (χ4v) is 2.74. The second-order valence-electron chi connectivity index (χ2n) is 6.00. The van der Waals surface area contributed by atoms with Gasteiger partial charge < -0.3 is 5.11 Å². The highest BCUT2D eigenvalue weighted by Crippen LogP contribution is 2.39. The van der Waals surface area contributed by atoms with E-state index in [-0.39, 0.29) is 11.2 Å². The standard InChI is InChI=1S/C17H19ClO/c1-10-6-7-12-8-13(19)9-14(17(3,4)5)16(12)15(10)11(2)18/h6-9,19H,2H2,1,3-5H3. The zero-order valence-electron chi connectivity index (χ0n) is 11.8. The van der Waals surface area contributed by atoms with Crippen LogP contribution in [-0.2, 0) is 5.41 Å². The van der Waals surface area contributed by atoms with Gasteiger partial charge in [-0.25, -0.2) is 0 Å². The van der Waals surface area contributed by atoms with Crippen LogP contribution in [-0.4, -0.2) is 5.11 Å². The molecule has 2 aromatic rings. The minimum Gasteiger partial charge on any atom is -0.508 e. The third-order valence-corrected chi connectivity index (χ3v) is 3.58. The molecule has 0 radical (unpaired) electrons. The van der Waals surface area contributed by atoms with E-state index in [9.17, 15) is 5.11 Å². The summed E-state index contributed by atoms with van der Waals surface area (Å²) in [6.07, 6.45) is 0. The summed E-state index contributed by atoms with van der Waals surface area (Å²) in [5, 5.41) is 12.5. The van der Waals surface area contributed by atoms with Crippen LogP contribution in [0.3, 0.4) is 0 Å². The maximum atomic E-state index is 9.92. The molecule has 0 aliphatic carbocycles. The maximum absolute atomic E-state index is 9.92. The second kappa shape index (κ2) is 4.57. The molecular weight excluding hydrogens is 256 g/mol. The molecule has 0 bridgehead atoms. The SMILES string of the molecule is C=C(Cl)c1c(C)ccc2cc(O)cc(C(C)(C)C)c12. The predicted octanol–water partition coefficient (Wildman–Crippen LogP) is 5.36. The summed E-state index contributed by atoms with van der Waals surface area (Å²) >= 11 is 6.19. The first-order chi connectivity index (χ1) is 8.71. The molecule has 19 heavy (non-hydrogen) atoms. The van der Waals surface area contributed by atoms with Gasteiger partial charge in [0.15, 0.2) is 0 Å². The number of fused-ring (bicyclic) bond motifs is 1. The monoisotopic (exact) mass is 274 g/mol. The number of halogens is 1. The molecule has 1 nitrogen and oxygen atoms in total. The van der Waals surface area contributed by atoms with E-state index in [1.165, 1.54) is 0 Å². The van der Waals surface area contributed by atoms with Crippen LogP contribution in [0.25, 0.3) is 15.8 Å². The molecule has 100 valence electrons. The number of hydrogen-bond donors (Lipinski definition) is 1. The van der Waals surface area contributed by atoms with Gasteiger partial charge in [0.05, 0.1) is 0 Å². The Kier molecular flexibility index (Phi) is 3.36. The molecule has 2 heteroatoms. The van der Waals surface area contributed by atoms with Gasteiger partial charge in [0.25, 0.3) is 0 Å². The normalized spacial score (nSPS) is 11.8. The largest absolute Gasteiger partial charge is 0.508 e. The lowest BCUT2D eigenvalue weighted by atomic mass is 9.81. The Morgan fingerprint density at radius 3 is 2.37 bits per heavy atom. The summed E-state index contributed by atoms with van der Waals surface area (Å²) < 4.78 is 0. The molecule has 2 aromatic carbocycles. The molecule has 0 fully saturated rings. The average molecular weight is 275 g/mol. The molecule has 2 rings (SSSR count). The fraction of sp³-hybridized carbons (Fsp3) is 0.294. The molecule has 0 spiro atoms. The Balaban J connectivity index is 3.02. The Morgan fingerprint density at radius 1 is 1.21 bits per heavy atom. The third-order valence-electron chi connectivity index (χ3n) is 3.39. The Morgan fingerprint density at radius 2 is 1.84 bits per heavy atom. The van der Waals surface area contributed by atoms with Crippen molar-refractivity contribution in [3.05, 3.63) is 47.5 Å². The Hall–Kier alpha value is -1.47. The van der Waals surface area contributed by atoms with Gasteiger partial charge in [-0.1, -0.05) is 51.1 Å². The van der Waals surface area contributed by atoms with E-state index in [1.54, 1.807) is 6.07 Å². The second-order valence-corrected chi connectivity index (χ2v) is 6.46. The summed E-state index contributed by atoms with van der Waals surface area (Å²) in [5.74, 6) is 0.285. The first-order valence-electron chi connectivity index (χ1n) is 6.33. The quantitative estimate of drug-likeness (QED) is 0.742. The van der Waals surface area contributed by atoms with Crippen LogP contribution in [0, 0.1) is 6.92 Å². The predicted molar refractivity (Wildman–Crippen MR) is 83.9 cm³/mol. The lowest BCUT2D eigenvalue weighted by Gasteiger charge is -2.24. The van der Waals surface area contributed by atoms with E-state index in [0.717, 1.165) is 27.5 Å². The van der Waals surface area contributed by atoms with Crippen molar-refractivity contribution in [1.29, 1.82) is 0 Å². The number of benzene rings is 2. The van der Waals surface area contributed by atoms with Crippen LogP contribution >= 0.6 is 11.6 Å². The van der Waals surface area contributed by atoms with Crippen molar-refractivity contribution >= 4 is 27.4 Å². The molecule has 0 aliphatic heterocycles. The van der Waals surface area contributed by atoms with Gasteiger partial charge in [0, 0.05) is 10.6 Å². The summed E-state index contributed by atoms with van der Waals surface area (Å²) in [6.45, 7) is 12.3. The van der Waals surface area contributed by atoms with E-state index in [2.05, 4.69) is 27.4 Å². The van der Waals surface area contributed by atoms with Gasteiger partial charge in [-0.05, 0) is 46.4 Å². The highest BCUT2D eigenvalue weighted by atomic mass is 35.5. The van der Waals surface area contributed by atoms with Crippen molar-refractivity contribution in [2.24, 2.45) is 0 Å². The van der Waals surface area contributed by atoms with Crippen LogP contribution < -0.4 is 0 Å². The molecule has 0 saturated heterocycles. The van der Waals surface area contributed by atoms with Crippen LogP contribution in [0.4, 0.5) is 0 Å². The average Bonchev–Trinajstić information content (AvgIpc) is 2.26. The van der Waals surface area contributed by atoms with Crippen LogP contribution in [0.15, 0.2) is 30.8 Å². The van der Waals surface area contributed by atoms with Crippen molar-refractivity contribution in [3.63, 3.8) is 0 Å². The van der Waals surface area contributed by atoms with Crippen LogP contribution in [0.5, 0.6) is 5.75 Å². The number of phenols is 1. The topological polar surface area (TPSA) is 20.2 Å². The van der Waals surface area contributed by atoms with E-state index < -0.39 is 0 Å². The number of aromatic hydroxyl groups is 1. The molecule has 0 aliphatic rings. The third kappa shape index (κ3) is 2.48. The minimum atomic E-state index is -0.0775. The summed E-state index contributed by atoms with van der Waals surface area (Å²) in [6, 6.07) is 7.62. The van der Waals surface area contributed by atoms with Gasteiger partial charge in [-0.3, -0.25) is 0 Å². The van der Waals surface area contributed by atoms with Crippen molar-refractivity contribution in [2.45, 2.75) is 33.1 Å². The number of aryl methyl sites for hydroxylation is 1. The first kappa shape index (κ1) is 14.0. The van der Waals surface area contributed by atoms with Gasteiger partial charge in [-0.15, -0.1) is 0 Å². The van der Waals surface area contributed by atoms with E-state index in [0.29, 0.717) is 5.03 Å². The summed E-state index contributed by atoms with van der Waals surface area (Å²) in [7, 11) is 0. The van der Waals surface area contributed by atoms with Gasteiger partial charge in [-0.2, -0.15) is 0 Å². The first-order valence-corrected chi connectivity index (χ1v) is 6.71. The van der Waals surface area contributed by atoms with Gasteiger partial charge in [0.1, 0.15) is 5.75 Å². The van der Waals surface area contributed by atoms with Crippen LogP contribution in [0.2, 0.25) is 0 Å². The van der Waals surface area contributed by atoms with Gasteiger partial charge in [0.2, 0.25) is 0 Å². The number of rotatable bonds is 1. The Labute approximate surface area is 119 Å².